The van der Waals surface area contributed by atoms with Gasteiger partial charge in [-0.2, -0.15) is 5.10 Å². The van der Waals surface area contributed by atoms with Crippen LogP contribution in [-0.2, 0) is 0 Å². The fourth-order valence-electron chi connectivity index (χ4n) is 3.93. The van der Waals surface area contributed by atoms with Crippen molar-refractivity contribution in [1.82, 2.24) is 29.5 Å². The van der Waals surface area contributed by atoms with Crippen molar-refractivity contribution in [2.75, 3.05) is 5.32 Å². The minimum absolute atomic E-state index is 0.186. The van der Waals surface area contributed by atoms with Crippen LogP contribution in [0.15, 0.2) is 30.7 Å². The molecule has 1 saturated carbocycles. The Kier molecular flexibility index (Phi) is 5.27. The van der Waals surface area contributed by atoms with Gasteiger partial charge >= 0.3 is 6.03 Å². The van der Waals surface area contributed by atoms with Crippen molar-refractivity contribution in [2.24, 2.45) is 0 Å². The second kappa shape index (κ2) is 8.00. The lowest BCUT2D eigenvalue weighted by Crippen LogP contribution is -2.33. The number of carbonyl (C=O) groups is 1. The molecule has 1 aliphatic rings. The maximum atomic E-state index is 12.7. The van der Waals surface area contributed by atoms with Crippen LogP contribution in [0.1, 0.15) is 68.9 Å². The number of nitrogens with zero attached hydrogens (tertiary/aromatic N) is 5. The molecular formula is C20H27N7O. The number of rotatable bonds is 5. The van der Waals surface area contributed by atoms with Crippen molar-refractivity contribution >= 4 is 17.6 Å². The molecule has 0 aliphatic heterocycles. The van der Waals surface area contributed by atoms with E-state index in [9.17, 15) is 4.79 Å². The molecule has 0 radical (unpaired) electrons. The first-order valence-corrected chi connectivity index (χ1v) is 10.1. The topological polar surface area (TPSA) is 89.1 Å². The van der Waals surface area contributed by atoms with Gasteiger partial charge in [-0.1, -0.05) is 26.2 Å². The molecule has 0 spiro atoms. The summed E-state index contributed by atoms with van der Waals surface area (Å²) >= 11 is 0. The highest BCUT2D eigenvalue weighted by Crippen LogP contribution is 2.30. The molecule has 3 aromatic rings. The molecule has 2 N–H and O–H groups in total. The number of hydrogen-bond donors (Lipinski definition) is 2. The number of urea groups is 1. The SMILES string of the molecule is CCC(NC(=O)Nc1cc(C)nn1C1CCCCC1)c1cn2cccnc2n1. The second-order valence-corrected chi connectivity index (χ2v) is 7.46. The molecule has 0 bridgehead atoms. The van der Waals surface area contributed by atoms with Gasteiger partial charge in [0.15, 0.2) is 0 Å². The van der Waals surface area contributed by atoms with E-state index in [1.165, 1.54) is 19.3 Å². The number of anilines is 1. The standard InChI is InChI=1S/C20H27N7O/c1-3-16(17-13-26-11-7-10-21-19(26)22-17)23-20(28)24-18-12-14(2)25-27(18)15-8-5-4-6-9-15/h7,10-13,15-16H,3-6,8-9H2,1-2H3,(H2,23,24,28). The monoisotopic (exact) mass is 381 g/mol. The van der Waals surface area contributed by atoms with E-state index in [2.05, 4.69) is 25.7 Å². The summed E-state index contributed by atoms with van der Waals surface area (Å²) in [7, 11) is 0. The van der Waals surface area contributed by atoms with E-state index in [0.29, 0.717) is 11.8 Å². The van der Waals surface area contributed by atoms with E-state index < -0.39 is 0 Å². The third-order valence-electron chi connectivity index (χ3n) is 5.34. The Morgan fingerprint density at radius 2 is 2.14 bits per heavy atom. The summed E-state index contributed by atoms with van der Waals surface area (Å²) in [5, 5.41) is 10.7. The average Bonchev–Trinajstić information content (AvgIpc) is 3.30. The Morgan fingerprint density at radius 1 is 1.32 bits per heavy atom. The number of amides is 2. The fraction of sp³-hybridized carbons (Fsp3) is 0.500. The summed E-state index contributed by atoms with van der Waals surface area (Å²) in [6, 6.07) is 3.73. The van der Waals surface area contributed by atoms with E-state index >= 15 is 0 Å². The average molecular weight is 381 g/mol. The predicted molar refractivity (Wildman–Crippen MR) is 107 cm³/mol. The van der Waals surface area contributed by atoms with Gasteiger partial charge in [0.05, 0.1) is 23.5 Å². The Labute approximate surface area is 164 Å². The molecular weight excluding hydrogens is 354 g/mol. The molecule has 8 heteroatoms. The van der Waals surface area contributed by atoms with Gasteiger partial charge in [0, 0.05) is 24.7 Å². The normalized spacial score (nSPS) is 16.2. The largest absolute Gasteiger partial charge is 0.329 e. The van der Waals surface area contributed by atoms with Crippen molar-refractivity contribution in [3.63, 3.8) is 0 Å². The van der Waals surface area contributed by atoms with Crippen LogP contribution >= 0.6 is 0 Å². The molecule has 1 unspecified atom stereocenters. The second-order valence-electron chi connectivity index (χ2n) is 7.46. The van der Waals surface area contributed by atoms with E-state index in [-0.39, 0.29) is 12.1 Å². The molecule has 3 aromatic heterocycles. The first-order valence-electron chi connectivity index (χ1n) is 10.1. The summed E-state index contributed by atoms with van der Waals surface area (Å²) in [6.45, 7) is 3.99. The van der Waals surface area contributed by atoms with Gasteiger partial charge in [-0.05, 0) is 32.3 Å². The highest BCUT2D eigenvalue weighted by Gasteiger charge is 2.22. The molecule has 4 rings (SSSR count). The van der Waals surface area contributed by atoms with Gasteiger partial charge in [0.1, 0.15) is 5.82 Å². The lowest BCUT2D eigenvalue weighted by Gasteiger charge is -2.24. The molecule has 2 amide bonds. The molecule has 3 heterocycles. The molecule has 1 atom stereocenters. The van der Waals surface area contributed by atoms with Gasteiger partial charge in [0.2, 0.25) is 5.78 Å². The van der Waals surface area contributed by atoms with E-state index in [1.807, 2.05) is 47.5 Å². The number of aromatic nitrogens is 5. The van der Waals surface area contributed by atoms with Crippen LogP contribution < -0.4 is 10.6 Å². The smallest absolute Gasteiger partial charge is 0.320 e. The summed E-state index contributed by atoms with van der Waals surface area (Å²) in [6.07, 6.45) is 12.2. The van der Waals surface area contributed by atoms with Gasteiger partial charge < -0.3 is 5.32 Å². The zero-order chi connectivity index (χ0) is 19.5. The van der Waals surface area contributed by atoms with Crippen molar-refractivity contribution in [1.29, 1.82) is 0 Å². The molecule has 1 fully saturated rings. The highest BCUT2D eigenvalue weighted by atomic mass is 16.2. The zero-order valence-electron chi connectivity index (χ0n) is 16.4. The molecule has 0 saturated heterocycles. The number of aryl methyl sites for hydroxylation is 1. The molecule has 1 aliphatic carbocycles. The Balaban J connectivity index is 1.47. The highest BCUT2D eigenvalue weighted by molar-refractivity contribution is 5.88. The minimum Gasteiger partial charge on any atom is -0.329 e. The van der Waals surface area contributed by atoms with Crippen molar-refractivity contribution < 1.29 is 4.79 Å². The van der Waals surface area contributed by atoms with Crippen LogP contribution in [0, 0.1) is 6.92 Å². The predicted octanol–water partition coefficient (Wildman–Crippen LogP) is 4.01. The van der Waals surface area contributed by atoms with E-state index in [4.69, 9.17) is 0 Å². The van der Waals surface area contributed by atoms with Crippen molar-refractivity contribution in [2.45, 2.75) is 64.5 Å². The van der Waals surface area contributed by atoms with Gasteiger partial charge in [0.25, 0.3) is 0 Å². The molecule has 8 nitrogen and oxygen atoms in total. The van der Waals surface area contributed by atoms with Crippen LogP contribution in [0.2, 0.25) is 0 Å². The number of hydrogen-bond acceptors (Lipinski definition) is 4. The van der Waals surface area contributed by atoms with Crippen LogP contribution in [0.4, 0.5) is 10.6 Å². The summed E-state index contributed by atoms with van der Waals surface area (Å²) in [5.74, 6) is 1.39. The van der Waals surface area contributed by atoms with E-state index in [0.717, 1.165) is 36.5 Å². The number of imidazole rings is 1. The number of nitrogens with one attached hydrogen (secondary N) is 2. The third-order valence-corrected chi connectivity index (χ3v) is 5.34. The van der Waals surface area contributed by atoms with Crippen LogP contribution in [0.5, 0.6) is 0 Å². The number of carbonyl (C=O) groups excluding carboxylic acids is 1. The first kappa shape index (κ1) is 18.5. The van der Waals surface area contributed by atoms with Crippen LogP contribution in [-0.4, -0.2) is 30.2 Å². The maximum Gasteiger partial charge on any atom is 0.320 e. The summed E-state index contributed by atoms with van der Waals surface area (Å²) in [5.41, 5.74) is 1.72. The summed E-state index contributed by atoms with van der Waals surface area (Å²) in [4.78, 5) is 21.5. The van der Waals surface area contributed by atoms with Gasteiger partial charge in [-0.15, -0.1) is 0 Å². The maximum absolute atomic E-state index is 12.7. The zero-order valence-corrected chi connectivity index (χ0v) is 16.4. The van der Waals surface area contributed by atoms with E-state index in [1.54, 1.807) is 6.20 Å². The van der Waals surface area contributed by atoms with Crippen LogP contribution in [0.25, 0.3) is 5.78 Å². The van der Waals surface area contributed by atoms with Gasteiger partial charge in [-0.25, -0.2) is 19.4 Å². The first-order chi connectivity index (χ1) is 13.6. The Hall–Kier alpha value is -2.90. The summed E-state index contributed by atoms with van der Waals surface area (Å²) < 4.78 is 3.85. The Bertz CT molecular complexity index is 922. The third kappa shape index (κ3) is 3.85. The Morgan fingerprint density at radius 3 is 2.89 bits per heavy atom. The van der Waals surface area contributed by atoms with Gasteiger partial charge in [-0.3, -0.25) is 9.72 Å². The lowest BCUT2D eigenvalue weighted by molar-refractivity contribution is 0.247. The number of fused-ring (bicyclic) bond motifs is 1. The van der Waals surface area contributed by atoms with Crippen molar-refractivity contribution in [3.05, 3.63) is 42.1 Å². The molecule has 0 aromatic carbocycles. The molecule has 28 heavy (non-hydrogen) atoms. The molecule has 148 valence electrons. The lowest BCUT2D eigenvalue weighted by atomic mass is 9.96. The fourth-order valence-corrected chi connectivity index (χ4v) is 3.93. The van der Waals surface area contributed by atoms with Crippen LogP contribution in [0.3, 0.4) is 0 Å². The minimum atomic E-state index is -0.242. The van der Waals surface area contributed by atoms with Crippen molar-refractivity contribution in [3.8, 4) is 0 Å². The quantitative estimate of drug-likeness (QED) is 0.699.